The van der Waals surface area contributed by atoms with Gasteiger partial charge < -0.3 is 15.0 Å². The van der Waals surface area contributed by atoms with E-state index in [0.29, 0.717) is 13.2 Å². The Morgan fingerprint density at radius 1 is 1.14 bits per heavy atom. The van der Waals surface area contributed by atoms with Gasteiger partial charge in [0.05, 0.1) is 6.42 Å². The normalized spacial score (nSPS) is 11.9. The summed E-state index contributed by atoms with van der Waals surface area (Å²) in [5.74, 6) is 0.736. The number of benzene rings is 1. The molecule has 3 nitrogen and oxygen atoms in total. The number of likely N-dealkylation sites (N-methyl/N-ethyl adjacent to an activating group) is 1. The first-order valence-electron chi connectivity index (χ1n) is 7.08. The second-order valence-corrected chi connectivity index (χ2v) is 4.94. The van der Waals surface area contributed by atoms with E-state index in [-0.39, 0.29) is 6.54 Å². The van der Waals surface area contributed by atoms with Gasteiger partial charge in [-0.1, -0.05) is 19.1 Å². The van der Waals surface area contributed by atoms with Crippen LogP contribution in [0.15, 0.2) is 24.3 Å². The Morgan fingerprint density at radius 3 is 2.38 bits per heavy atom. The SMILES string of the molecule is CCNCc1ccc(OCCN(C)CCC(F)(F)F)cc1. The summed E-state index contributed by atoms with van der Waals surface area (Å²) in [5.41, 5.74) is 1.17. The zero-order valence-electron chi connectivity index (χ0n) is 12.5. The van der Waals surface area contributed by atoms with Crippen molar-refractivity contribution in [2.75, 3.05) is 33.3 Å². The molecule has 0 aliphatic heterocycles. The van der Waals surface area contributed by atoms with E-state index in [1.54, 1.807) is 11.9 Å². The Hall–Kier alpha value is -1.27. The van der Waals surface area contributed by atoms with Crippen molar-refractivity contribution in [1.82, 2.24) is 10.2 Å². The predicted octanol–water partition coefficient (Wildman–Crippen LogP) is 3.06. The van der Waals surface area contributed by atoms with Gasteiger partial charge in [0.2, 0.25) is 0 Å². The molecular weight excluding hydrogens is 281 g/mol. The molecule has 120 valence electrons. The molecule has 0 aliphatic carbocycles. The van der Waals surface area contributed by atoms with Crippen LogP contribution in [0.1, 0.15) is 18.9 Å². The van der Waals surface area contributed by atoms with E-state index >= 15 is 0 Å². The lowest BCUT2D eigenvalue weighted by Gasteiger charge is -2.17. The molecule has 21 heavy (non-hydrogen) atoms. The van der Waals surface area contributed by atoms with Crippen molar-refractivity contribution >= 4 is 0 Å². The summed E-state index contributed by atoms with van der Waals surface area (Å²) in [4.78, 5) is 1.62. The van der Waals surface area contributed by atoms with E-state index in [4.69, 9.17) is 4.74 Å². The zero-order valence-corrected chi connectivity index (χ0v) is 12.5. The van der Waals surface area contributed by atoms with E-state index in [1.807, 2.05) is 31.2 Å². The fraction of sp³-hybridized carbons (Fsp3) is 0.600. The van der Waals surface area contributed by atoms with Gasteiger partial charge >= 0.3 is 6.18 Å². The average Bonchev–Trinajstić information content (AvgIpc) is 2.43. The van der Waals surface area contributed by atoms with Gasteiger partial charge in [-0.15, -0.1) is 0 Å². The minimum absolute atomic E-state index is 0.00547. The third-order valence-electron chi connectivity index (χ3n) is 3.02. The van der Waals surface area contributed by atoms with Crippen molar-refractivity contribution in [3.8, 4) is 5.75 Å². The molecule has 0 heterocycles. The maximum atomic E-state index is 12.1. The van der Waals surface area contributed by atoms with E-state index in [0.717, 1.165) is 18.8 Å². The number of hydrogen-bond acceptors (Lipinski definition) is 3. The molecule has 0 saturated heterocycles. The molecule has 0 fully saturated rings. The van der Waals surface area contributed by atoms with E-state index in [1.165, 1.54) is 5.56 Å². The summed E-state index contributed by atoms with van der Waals surface area (Å²) >= 11 is 0. The highest BCUT2D eigenvalue weighted by Crippen LogP contribution is 2.19. The smallest absolute Gasteiger partial charge is 0.390 e. The maximum Gasteiger partial charge on any atom is 0.390 e. The first-order valence-corrected chi connectivity index (χ1v) is 7.08. The largest absolute Gasteiger partial charge is 0.492 e. The first-order chi connectivity index (χ1) is 9.90. The highest BCUT2D eigenvalue weighted by molar-refractivity contribution is 5.27. The Kier molecular flexibility index (Phi) is 7.53. The second-order valence-electron chi connectivity index (χ2n) is 4.94. The average molecular weight is 304 g/mol. The van der Waals surface area contributed by atoms with Gasteiger partial charge in [-0.2, -0.15) is 13.2 Å². The molecule has 6 heteroatoms. The van der Waals surface area contributed by atoms with Crippen LogP contribution in [0.2, 0.25) is 0 Å². The summed E-state index contributed by atoms with van der Waals surface area (Å²) in [5, 5.41) is 3.23. The van der Waals surface area contributed by atoms with Crippen LogP contribution in [-0.4, -0.2) is 44.4 Å². The van der Waals surface area contributed by atoms with Crippen molar-refractivity contribution < 1.29 is 17.9 Å². The molecule has 0 aliphatic rings. The molecular formula is C15H23F3N2O. The Labute approximate surface area is 124 Å². The van der Waals surface area contributed by atoms with Crippen LogP contribution < -0.4 is 10.1 Å². The lowest BCUT2D eigenvalue weighted by atomic mass is 10.2. The summed E-state index contributed by atoms with van der Waals surface area (Å²) in [6.45, 7) is 4.62. The number of ether oxygens (including phenoxy) is 1. The molecule has 1 rings (SSSR count). The minimum Gasteiger partial charge on any atom is -0.492 e. The Balaban J connectivity index is 2.22. The highest BCUT2D eigenvalue weighted by Gasteiger charge is 2.26. The molecule has 1 N–H and O–H groups in total. The van der Waals surface area contributed by atoms with Gasteiger partial charge in [0, 0.05) is 19.6 Å². The lowest BCUT2D eigenvalue weighted by Crippen LogP contribution is -2.28. The predicted molar refractivity (Wildman–Crippen MR) is 77.5 cm³/mol. The first kappa shape index (κ1) is 17.8. The van der Waals surface area contributed by atoms with Crippen molar-refractivity contribution in [3.63, 3.8) is 0 Å². The molecule has 1 aromatic carbocycles. The number of nitrogens with one attached hydrogen (secondary N) is 1. The molecule has 0 radical (unpaired) electrons. The van der Waals surface area contributed by atoms with Crippen molar-refractivity contribution in [3.05, 3.63) is 29.8 Å². The third kappa shape index (κ3) is 8.57. The van der Waals surface area contributed by atoms with Gasteiger partial charge in [0.1, 0.15) is 12.4 Å². The van der Waals surface area contributed by atoms with Crippen LogP contribution >= 0.6 is 0 Å². The number of rotatable bonds is 9. The van der Waals surface area contributed by atoms with Gasteiger partial charge in [-0.05, 0) is 31.3 Å². The summed E-state index contributed by atoms with van der Waals surface area (Å²) in [7, 11) is 1.66. The van der Waals surface area contributed by atoms with Crippen LogP contribution in [0.3, 0.4) is 0 Å². The van der Waals surface area contributed by atoms with Crippen molar-refractivity contribution in [2.45, 2.75) is 26.1 Å². The van der Waals surface area contributed by atoms with Gasteiger partial charge in [0.25, 0.3) is 0 Å². The fourth-order valence-electron chi connectivity index (χ4n) is 1.72. The van der Waals surface area contributed by atoms with Crippen LogP contribution in [0, 0.1) is 0 Å². The summed E-state index contributed by atoms with van der Waals surface area (Å²) in [6.07, 6.45) is -4.89. The monoisotopic (exact) mass is 304 g/mol. The lowest BCUT2D eigenvalue weighted by molar-refractivity contribution is -0.137. The molecule has 0 unspecified atom stereocenters. The quantitative estimate of drug-likeness (QED) is 0.759. The Morgan fingerprint density at radius 2 is 1.81 bits per heavy atom. The maximum absolute atomic E-state index is 12.1. The molecule has 0 amide bonds. The van der Waals surface area contributed by atoms with Gasteiger partial charge in [0.15, 0.2) is 0 Å². The minimum atomic E-state index is -4.10. The molecule has 0 atom stereocenters. The van der Waals surface area contributed by atoms with Crippen LogP contribution in [0.25, 0.3) is 0 Å². The van der Waals surface area contributed by atoms with E-state index in [9.17, 15) is 13.2 Å². The molecule has 0 bridgehead atoms. The van der Waals surface area contributed by atoms with Gasteiger partial charge in [-0.3, -0.25) is 0 Å². The standard InChI is InChI=1S/C15H23F3N2O/c1-3-19-12-13-4-6-14(7-5-13)21-11-10-20(2)9-8-15(16,17)18/h4-7,19H,3,8-12H2,1-2H3. The number of halogens is 3. The second kappa shape index (κ2) is 8.89. The van der Waals surface area contributed by atoms with Crippen LogP contribution in [0.4, 0.5) is 13.2 Å². The van der Waals surface area contributed by atoms with Crippen molar-refractivity contribution in [2.24, 2.45) is 0 Å². The summed E-state index contributed by atoms with van der Waals surface area (Å²) in [6, 6.07) is 7.71. The van der Waals surface area contributed by atoms with Crippen molar-refractivity contribution in [1.29, 1.82) is 0 Å². The zero-order chi connectivity index (χ0) is 15.7. The number of nitrogens with zero attached hydrogens (tertiary/aromatic N) is 1. The van der Waals surface area contributed by atoms with E-state index < -0.39 is 12.6 Å². The molecule has 0 spiro atoms. The van der Waals surface area contributed by atoms with Crippen LogP contribution in [-0.2, 0) is 6.54 Å². The molecule has 1 aromatic rings. The molecule has 0 aromatic heterocycles. The van der Waals surface area contributed by atoms with E-state index in [2.05, 4.69) is 5.32 Å². The summed E-state index contributed by atoms with van der Waals surface area (Å²) < 4.78 is 41.7. The number of alkyl halides is 3. The van der Waals surface area contributed by atoms with Crippen LogP contribution in [0.5, 0.6) is 5.75 Å². The van der Waals surface area contributed by atoms with Gasteiger partial charge in [-0.25, -0.2) is 0 Å². The third-order valence-corrected chi connectivity index (χ3v) is 3.02. The number of hydrogen-bond donors (Lipinski definition) is 1. The fourth-order valence-corrected chi connectivity index (χ4v) is 1.72. The highest BCUT2D eigenvalue weighted by atomic mass is 19.4. The molecule has 0 saturated carbocycles. The Bertz CT molecular complexity index is 393. The topological polar surface area (TPSA) is 24.5 Å².